The Morgan fingerprint density at radius 1 is 0.519 bits per heavy atom. The van der Waals surface area contributed by atoms with Crippen molar-refractivity contribution in [2.75, 3.05) is 65.8 Å². The van der Waals surface area contributed by atoms with Crippen LogP contribution in [0.25, 0.3) is 43.4 Å². The van der Waals surface area contributed by atoms with Gasteiger partial charge in [0.05, 0.1) is 61.4 Å². The summed E-state index contributed by atoms with van der Waals surface area (Å²) < 4.78 is 20.4. The van der Waals surface area contributed by atoms with Gasteiger partial charge >= 0.3 is 0 Å². The molecule has 0 radical (unpaired) electrons. The standard InChI is InChI=1S/C62H66N8O9S2/c1-3-67-57(73)47-37-43-21-11-13-23-45(43)39-49(47)65-61(67)80-53(41-17-7-5-8-18-41)59(75)69-29-15-25-51(69)55(71)63-27-31-77-33-35-79-36-34-78-32-28-64-56(72)52-26-16-30-70(52)60(76)54(42-19-9-6-10-20-42)81-62-66-50-40-46-24-14-12-22-44(46)38-48(50)58(74)68(62)4-2/h5-14,17-24,37-40,51-54H,3-4,15-16,25-36H2,1-2H3,(H,63,71)(H,64,72)/t51-,52-,53-,54-/m1/s1. The van der Waals surface area contributed by atoms with E-state index in [2.05, 4.69) is 10.6 Å². The molecule has 4 atom stereocenters. The van der Waals surface area contributed by atoms with Crippen LogP contribution in [0.5, 0.6) is 0 Å². The number of thioether (sulfide) groups is 2. The highest BCUT2D eigenvalue weighted by atomic mass is 32.2. The minimum Gasteiger partial charge on any atom is -0.377 e. The largest absolute Gasteiger partial charge is 0.377 e. The van der Waals surface area contributed by atoms with Gasteiger partial charge in [-0.2, -0.15) is 0 Å². The average molecular weight is 1130 g/mol. The van der Waals surface area contributed by atoms with Crippen LogP contribution in [0.2, 0.25) is 0 Å². The Morgan fingerprint density at radius 3 is 1.26 bits per heavy atom. The molecule has 4 heterocycles. The van der Waals surface area contributed by atoms with E-state index in [1.54, 1.807) is 18.9 Å². The summed E-state index contributed by atoms with van der Waals surface area (Å²) in [7, 11) is 0. The number of fused-ring (bicyclic) bond motifs is 4. The first-order chi connectivity index (χ1) is 39.6. The second kappa shape index (κ2) is 26.9. The maximum Gasteiger partial charge on any atom is 0.262 e. The molecule has 0 bridgehead atoms. The SMILES string of the molecule is CCn1c(S[C@@H](C(=O)N2CCC[C@@H]2C(=O)NCCOCCOCCOCCNC(=O)[C@H]2CCCN2C(=O)[C@H](Sc2nc3cc4ccccc4cc3c(=O)n2CC)c2ccccc2)c2ccccc2)nc2cc3ccccc3cc2c1=O. The maximum absolute atomic E-state index is 14.6. The molecule has 6 aromatic carbocycles. The van der Waals surface area contributed by atoms with Crippen LogP contribution in [-0.4, -0.2) is 130 Å². The molecule has 81 heavy (non-hydrogen) atoms. The minimum atomic E-state index is -0.748. The molecule has 0 unspecified atom stereocenters. The highest BCUT2D eigenvalue weighted by Gasteiger charge is 2.40. The Bertz CT molecular complexity index is 3440. The number of amides is 4. The Hall–Kier alpha value is -7.42. The normalized spacial score (nSPS) is 16.1. The smallest absolute Gasteiger partial charge is 0.262 e. The van der Waals surface area contributed by atoms with Crippen LogP contribution in [0.3, 0.4) is 0 Å². The van der Waals surface area contributed by atoms with E-state index in [0.717, 1.165) is 32.7 Å². The van der Waals surface area contributed by atoms with Crippen LogP contribution in [0.15, 0.2) is 153 Å². The summed E-state index contributed by atoms with van der Waals surface area (Å²) >= 11 is 2.47. The van der Waals surface area contributed by atoms with Crippen molar-refractivity contribution in [3.8, 4) is 0 Å². The zero-order chi connectivity index (χ0) is 56.2. The number of carbonyl (C=O) groups is 4. The molecule has 8 aromatic rings. The van der Waals surface area contributed by atoms with E-state index >= 15 is 0 Å². The van der Waals surface area contributed by atoms with Crippen molar-refractivity contribution in [2.24, 2.45) is 0 Å². The maximum atomic E-state index is 14.6. The molecular formula is C62H66N8O9S2. The molecule has 2 aromatic heterocycles. The molecule has 0 aliphatic carbocycles. The van der Waals surface area contributed by atoms with E-state index in [4.69, 9.17) is 24.2 Å². The molecular weight excluding hydrogens is 1060 g/mol. The first-order valence-corrected chi connectivity index (χ1v) is 29.6. The Morgan fingerprint density at radius 2 is 0.877 bits per heavy atom. The molecule has 2 aliphatic heterocycles. The lowest BCUT2D eigenvalue weighted by Gasteiger charge is -2.28. The van der Waals surface area contributed by atoms with E-state index in [-0.39, 0.29) is 61.1 Å². The van der Waals surface area contributed by atoms with E-state index in [9.17, 15) is 28.8 Å². The van der Waals surface area contributed by atoms with Crippen LogP contribution in [-0.2, 0) is 46.5 Å². The molecule has 0 spiro atoms. The van der Waals surface area contributed by atoms with Crippen molar-refractivity contribution >= 4 is 90.5 Å². The van der Waals surface area contributed by atoms with E-state index in [0.29, 0.717) is 110 Å². The molecule has 4 amide bonds. The highest BCUT2D eigenvalue weighted by molar-refractivity contribution is 8.00. The Labute approximate surface area is 477 Å². The molecule has 2 aliphatic rings. The monoisotopic (exact) mass is 1130 g/mol. The third-order valence-corrected chi connectivity index (χ3v) is 17.3. The van der Waals surface area contributed by atoms with Crippen molar-refractivity contribution in [2.45, 2.75) is 85.5 Å². The van der Waals surface area contributed by atoms with Crippen LogP contribution in [0.4, 0.5) is 0 Å². The van der Waals surface area contributed by atoms with Gasteiger partial charge in [0.1, 0.15) is 22.6 Å². The molecule has 19 heteroatoms. The number of hydrogen-bond donors (Lipinski definition) is 2. The van der Waals surface area contributed by atoms with Gasteiger partial charge in [0.25, 0.3) is 11.1 Å². The van der Waals surface area contributed by atoms with Crippen LogP contribution < -0.4 is 21.8 Å². The molecule has 420 valence electrons. The first-order valence-electron chi connectivity index (χ1n) is 27.8. The number of aromatic nitrogens is 4. The van der Waals surface area contributed by atoms with Crippen LogP contribution in [0.1, 0.15) is 61.2 Å². The van der Waals surface area contributed by atoms with Crippen LogP contribution >= 0.6 is 23.5 Å². The van der Waals surface area contributed by atoms with Crippen molar-refractivity contribution < 1.29 is 33.4 Å². The number of likely N-dealkylation sites (tertiary alicyclic amines) is 2. The zero-order valence-electron chi connectivity index (χ0n) is 45.5. The van der Waals surface area contributed by atoms with Crippen LogP contribution in [0, 0.1) is 0 Å². The van der Waals surface area contributed by atoms with Gasteiger partial charge in [-0.3, -0.25) is 37.9 Å². The summed E-state index contributed by atoms with van der Waals surface area (Å²) in [6.07, 6.45) is 2.41. The summed E-state index contributed by atoms with van der Waals surface area (Å²) in [6.45, 7) is 7.61. The fourth-order valence-corrected chi connectivity index (χ4v) is 13.1. The van der Waals surface area contributed by atoms with Gasteiger partial charge in [-0.15, -0.1) is 0 Å². The van der Waals surface area contributed by atoms with Gasteiger partial charge in [-0.1, -0.05) is 133 Å². The second-order valence-corrected chi connectivity index (χ2v) is 22.1. The molecule has 10 rings (SSSR count). The number of carbonyl (C=O) groups excluding carboxylic acids is 4. The fraction of sp³-hybridized carbons (Fsp3) is 0.355. The summed E-state index contributed by atoms with van der Waals surface area (Å²) in [5.41, 5.74) is 2.30. The van der Waals surface area contributed by atoms with E-state index < -0.39 is 22.6 Å². The number of rotatable bonds is 24. The van der Waals surface area contributed by atoms with Gasteiger partial charge in [0.15, 0.2) is 10.3 Å². The second-order valence-electron chi connectivity index (χ2n) is 19.9. The van der Waals surface area contributed by atoms with Crippen molar-refractivity contribution in [1.29, 1.82) is 0 Å². The predicted molar refractivity (Wildman–Crippen MR) is 316 cm³/mol. The van der Waals surface area contributed by atoms with Gasteiger partial charge in [0.2, 0.25) is 23.6 Å². The van der Waals surface area contributed by atoms with E-state index in [1.807, 2.05) is 147 Å². The van der Waals surface area contributed by atoms with E-state index in [1.165, 1.54) is 23.5 Å². The highest BCUT2D eigenvalue weighted by Crippen LogP contribution is 2.40. The van der Waals surface area contributed by atoms with Crippen molar-refractivity contribution in [3.63, 3.8) is 0 Å². The Kier molecular flexibility index (Phi) is 18.9. The van der Waals surface area contributed by atoms with Crippen molar-refractivity contribution in [1.82, 2.24) is 39.5 Å². The average Bonchev–Trinajstić information content (AvgIpc) is 4.24. The number of ether oxygens (including phenoxy) is 3. The molecule has 2 fully saturated rings. The summed E-state index contributed by atoms with van der Waals surface area (Å²) in [5, 5.41) is 10.2. The van der Waals surface area contributed by atoms with Gasteiger partial charge in [0, 0.05) is 39.3 Å². The number of hydrogen-bond acceptors (Lipinski definition) is 13. The first kappa shape index (κ1) is 56.8. The zero-order valence-corrected chi connectivity index (χ0v) is 47.1. The third-order valence-electron chi connectivity index (χ3n) is 14.8. The molecule has 2 saturated heterocycles. The lowest BCUT2D eigenvalue weighted by molar-refractivity contribution is -0.138. The molecule has 2 N–H and O–H groups in total. The third kappa shape index (κ3) is 13.0. The number of nitrogens with zero attached hydrogens (tertiary/aromatic N) is 6. The number of benzene rings is 6. The lowest BCUT2D eigenvalue weighted by atomic mass is 10.1. The molecule has 0 saturated carbocycles. The lowest BCUT2D eigenvalue weighted by Crippen LogP contribution is -2.47. The summed E-state index contributed by atoms with van der Waals surface area (Å²) in [5.74, 6) is -0.929. The predicted octanol–water partition coefficient (Wildman–Crippen LogP) is 8.08. The van der Waals surface area contributed by atoms with Gasteiger partial charge in [-0.05, 0) is 96.5 Å². The quantitative estimate of drug-likeness (QED) is 0.0255. The Balaban J connectivity index is 0.643. The fourth-order valence-electron chi connectivity index (χ4n) is 10.7. The van der Waals surface area contributed by atoms with Gasteiger partial charge in [-0.25, -0.2) is 9.97 Å². The number of nitrogens with one attached hydrogen (secondary N) is 2. The minimum absolute atomic E-state index is 0.168. The van der Waals surface area contributed by atoms with Crippen molar-refractivity contribution in [3.05, 3.63) is 165 Å². The summed E-state index contributed by atoms with van der Waals surface area (Å²) in [6, 6.07) is 40.8. The van der Waals surface area contributed by atoms with Gasteiger partial charge < -0.3 is 34.6 Å². The molecule has 17 nitrogen and oxygen atoms in total. The summed E-state index contributed by atoms with van der Waals surface area (Å²) in [4.78, 5) is 97.3. The topological polar surface area (TPSA) is 196 Å².